The molecule has 1 aliphatic heterocycles. The monoisotopic (exact) mass is 186 g/mol. The largest absolute Gasteiger partial charge is 0.383 e. The molecule has 1 aliphatic rings. The Bertz CT molecular complexity index is 124. The predicted octanol–water partition coefficient (Wildman–Crippen LogP) is 0.707. The van der Waals surface area contributed by atoms with Crippen LogP contribution in [0.1, 0.15) is 19.8 Å². The van der Waals surface area contributed by atoms with Crippen molar-refractivity contribution >= 4 is 0 Å². The van der Waals surface area contributed by atoms with Gasteiger partial charge in [0.15, 0.2) is 0 Å². The van der Waals surface area contributed by atoms with E-state index in [0.717, 1.165) is 32.3 Å². The minimum Gasteiger partial charge on any atom is -0.383 e. The third-order valence-electron chi connectivity index (χ3n) is 2.78. The summed E-state index contributed by atoms with van der Waals surface area (Å²) >= 11 is 0. The summed E-state index contributed by atoms with van der Waals surface area (Å²) in [5.74, 6) is 0. The molecular formula is C10H22N2O. The summed E-state index contributed by atoms with van der Waals surface area (Å²) < 4.78 is 5.10. The number of hydrogen-bond donors (Lipinski definition) is 1. The summed E-state index contributed by atoms with van der Waals surface area (Å²) in [6.07, 6.45) is 2.65. The Kier molecular flexibility index (Phi) is 5.35. The van der Waals surface area contributed by atoms with Gasteiger partial charge >= 0.3 is 0 Å². The van der Waals surface area contributed by atoms with Gasteiger partial charge in [0.1, 0.15) is 0 Å². The number of nitrogens with zero attached hydrogens (tertiary/aromatic N) is 1. The second-order valence-electron chi connectivity index (χ2n) is 3.62. The minimum atomic E-state index is 0.730. The van der Waals surface area contributed by atoms with E-state index in [9.17, 15) is 0 Å². The van der Waals surface area contributed by atoms with Crippen molar-refractivity contribution in [2.75, 3.05) is 39.9 Å². The van der Waals surface area contributed by atoms with Gasteiger partial charge in [0, 0.05) is 26.2 Å². The molecule has 1 atom stereocenters. The van der Waals surface area contributed by atoms with Crippen LogP contribution in [-0.2, 0) is 4.74 Å². The Hall–Kier alpha value is -0.120. The van der Waals surface area contributed by atoms with Crippen molar-refractivity contribution in [1.29, 1.82) is 0 Å². The van der Waals surface area contributed by atoms with Gasteiger partial charge in [-0.1, -0.05) is 6.92 Å². The molecule has 0 spiro atoms. The standard InChI is InChI=1S/C10H22N2O/c1-3-12(7-8-13-2)10-5-4-6-11-9-10/h10-11H,3-9H2,1-2H3. The zero-order valence-corrected chi connectivity index (χ0v) is 8.88. The van der Waals surface area contributed by atoms with Crippen molar-refractivity contribution in [3.05, 3.63) is 0 Å². The molecule has 1 unspecified atom stereocenters. The molecule has 78 valence electrons. The molecule has 13 heavy (non-hydrogen) atoms. The Morgan fingerprint density at radius 2 is 2.38 bits per heavy atom. The van der Waals surface area contributed by atoms with Crippen molar-refractivity contribution in [3.8, 4) is 0 Å². The summed E-state index contributed by atoms with van der Waals surface area (Å²) in [5, 5.41) is 3.44. The van der Waals surface area contributed by atoms with Crippen molar-refractivity contribution in [1.82, 2.24) is 10.2 Å². The molecular weight excluding hydrogens is 164 g/mol. The molecule has 1 rings (SSSR count). The topological polar surface area (TPSA) is 24.5 Å². The molecule has 0 aliphatic carbocycles. The fourth-order valence-electron chi connectivity index (χ4n) is 1.95. The maximum atomic E-state index is 5.10. The van der Waals surface area contributed by atoms with Crippen LogP contribution in [0.3, 0.4) is 0 Å². The molecule has 0 aromatic heterocycles. The van der Waals surface area contributed by atoms with Gasteiger partial charge in [0.25, 0.3) is 0 Å². The first-order valence-electron chi connectivity index (χ1n) is 5.32. The summed E-state index contributed by atoms with van der Waals surface area (Å²) in [4.78, 5) is 2.51. The fourth-order valence-corrected chi connectivity index (χ4v) is 1.95. The molecule has 0 amide bonds. The highest BCUT2D eigenvalue weighted by Crippen LogP contribution is 2.09. The van der Waals surface area contributed by atoms with Crippen molar-refractivity contribution in [2.45, 2.75) is 25.8 Å². The summed E-state index contributed by atoms with van der Waals surface area (Å²) in [6, 6.07) is 0.730. The normalized spacial score (nSPS) is 23.8. The lowest BCUT2D eigenvalue weighted by Gasteiger charge is -2.33. The minimum absolute atomic E-state index is 0.730. The molecule has 1 heterocycles. The van der Waals surface area contributed by atoms with E-state index < -0.39 is 0 Å². The molecule has 0 bridgehead atoms. The maximum absolute atomic E-state index is 5.10. The van der Waals surface area contributed by atoms with Crippen LogP contribution in [0.15, 0.2) is 0 Å². The SMILES string of the molecule is CCN(CCOC)C1CCCNC1. The van der Waals surface area contributed by atoms with E-state index >= 15 is 0 Å². The Balaban J connectivity index is 2.26. The summed E-state index contributed by atoms with van der Waals surface area (Å²) in [6.45, 7) is 7.62. The van der Waals surface area contributed by atoms with Gasteiger partial charge in [-0.2, -0.15) is 0 Å². The Morgan fingerprint density at radius 3 is 2.92 bits per heavy atom. The number of hydrogen-bond acceptors (Lipinski definition) is 3. The molecule has 3 nitrogen and oxygen atoms in total. The zero-order valence-electron chi connectivity index (χ0n) is 8.88. The van der Waals surface area contributed by atoms with Crippen LogP contribution in [-0.4, -0.2) is 50.8 Å². The smallest absolute Gasteiger partial charge is 0.0589 e. The van der Waals surface area contributed by atoms with E-state index in [1.54, 1.807) is 7.11 Å². The predicted molar refractivity (Wildman–Crippen MR) is 55.0 cm³/mol. The van der Waals surface area contributed by atoms with Gasteiger partial charge in [-0.15, -0.1) is 0 Å². The molecule has 1 saturated heterocycles. The third-order valence-corrected chi connectivity index (χ3v) is 2.78. The average molecular weight is 186 g/mol. The van der Waals surface area contributed by atoms with Crippen LogP contribution in [0, 0.1) is 0 Å². The van der Waals surface area contributed by atoms with Gasteiger partial charge in [-0.25, -0.2) is 0 Å². The van der Waals surface area contributed by atoms with Crippen LogP contribution >= 0.6 is 0 Å². The van der Waals surface area contributed by atoms with Gasteiger partial charge in [-0.05, 0) is 25.9 Å². The third kappa shape index (κ3) is 3.63. The highest BCUT2D eigenvalue weighted by Gasteiger charge is 2.18. The summed E-state index contributed by atoms with van der Waals surface area (Å²) in [7, 11) is 1.77. The van der Waals surface area contributed by atoms with Crippen LogP contribution in [0.2, 0.25) is 0 Å². The van der Waals surface area contributed by atoms with Crippen LogP contribution < -0.4 is 5.32 Å². The quantitative estimate of drug-likeness (QED) is 0.684. The van der Waals surface area contributed by atoms with E-state index in [4.69, 9.17) is 4.74 Å². The number of rotatable bonds is 5. The highest BCUT2D eigenvalue weighted by atomic mass is 16.5. The Morgan fingerprint density at radius 1 is 1.54 bits per heavy atom. The first kappa shape index (κ1) is 11.0. The second-order valence-corrected chi connectivity index (χ2v) is 3.62. The van der Waals surface area contributed by atoms with E-state index in [2.05, 4.69) is 17.1 Å². The molecule has 1 N–H and O–H groups in total. The van der Waals surface area contributed by atoms with Crippen molar-refractivity contribution in [2.24, 2.45) is 0 Å². The Labute approximate surface area is 81.4 Å². The summed E-state index contributed by atoms with van der Waals surface area (Å²) in [5.41, 5.74) is 0. The number of likely N-dealkylation sites (N-methyl/N-ethyl adjacent to an activating group) is 1. The first-order valence-corrected chi connectivity index (χ1v) is 5.32. The average Bonchev–Trinajstić information content (AvgIpc) is 2.21. The van der Waals surface area contributed by atoms with Gasteiger partial charge in [0.2, 0.25) is 0 Å². The maximum Gasteiger partial charge on any atom is 0.0589 e. The molecule has 0 aromatic carbocycles. The van der Waals surface area contributed by atoms with Gasteiger partial charge in [0.05, 0.1) is 6.61 Å². The zero-order chi connectivity index (χ0) is 9.52. The van der Waals surface area contributed by atoms with Crippen molar-refractivity contribution < 1.29 is 4.74 Å². The van der Waals surface area contributed by atoms with E-state index in [1.807, 2.05) is 0 Å². The fraction of sp³-hybridized carbons (Fsp3) is 1.00. The second kappa shape index (κ2) is 6.35. The molecule has 0 radical (unpaired) electrons. The molecule has 0 aromatic rings. The number of piperidine rings is 1. The number of methoxy groups -OCH3 is 1. The molecule has 3 heteroatoms. The van der Waals surface area contributed by atoms with Crippen LogP contribution in [0.25, 0.3) is 0 Å². The lowest BCUT2D eigenvalue weighted by molar-refractivity contribution is 0.112. The van der Waals surface area contributed by atoms with E-state index in [1.165, 1.54) is 19.4 Å². The van der Waals surface area contributed by atoms with E-state index in [-0.39, 0.29) is 0 Å². The lowest BCUT2D eigenvalue weighted by Crippen LogP contribution is -2.46. The first-order chi connectivity index (χ1) is 6.38. The molecule has 1 fully saturated rings. The van der Waals surface area contributed by atoms with Crippen LogP contribution in [0.4, 0.5) is 0 Å². The van der Waals surface area contributed by atoms with Crippen LogP contribution in [0.5, 0.6) is 0 Å². The lowest BCUT2D eigenvalue weighted by atomic mass is 10.1. The van der Waals surface area contributed by atoms with Gasteiger partial charge in [-0.3, -0.25) is 4.90 Å². The van der Waals surface area contributed by atoms with Gasteiger partial charge < -0.3 is 10.1 Å². The van der Waals surface area contributed by atoms with Crippen molar-refractivity contribution in [3.63, 3.8) is 0 Å². The highest BCUT2D eigenvalue weighted by molar-refractivity contribution is 4.77. The molecule has 0 saturated carbocycles. The number of ether oxygens (including phenoxy) is 1. The van der Waals surface area contributed by atoms with E-state index in [0.29, 0.717) is 0 Å². The number of nitrogens with one attached hydrogen (secondary N) is 1.